The van der Waals surface area contributed by atoms with E-state index in [1.165, 1.54) is 26.2 Å². The largest absolute Gasteiger partial charge is 0.493 e. The van der Waals surface area contributed by atoms with Crippen molar-refractivity contribution in [3.05, 3.63) is 42.0 Å². The van der Waals surface area contributed by atoms with E-state index in [0.29, 0.717) is 35.0 Å². The second-order valence-corrected chi connectivity index (χ2v) is 6.18. The molecule has 148 valence electrons. The lowest BCUT2D eigenvalue weighted by molar-refractivity contribution is -0.121. The van der Waals surface area contributed by atoms with E-state index >= 15 is 0 Å². The van der Waals surface area contributed by atoms with Crippen molar-refractivity contribution in [2.45, 2.75) is 12.5 Å². The number of nitrogens with one attached hydrogen (secondary N) is 2. The smallest absolute Gasteiger partial charge is 0.327 e. The molecule has 0 aromatic heterocycles. The van der Waals surface area contributed by atoms with Crippen LogP contribution in [0.4, 0.5) is 16.2 Å². The van der Waals surface area contributed by atoms with Gasteiger partial charge >= 0.3 is 6.03 Å². The van der Waals surface area contributed by atoms with Crippen LogP contribution in [0, 0.1) is 0 Å². The first-order chi connectivity index (χ1) is 13.5. The number of para-hydroxylation sites is 1. The zero-order valence-corrected chi connectivity index (χ0v) is 16.2. The van der Waals surface area contributed by atoms with Crippen LogP contribution in [0.25, 0.3) is 0 Å². The zero-order chi connectivity index (χ0) is 20.3. The number of nitrogens with zero attached hydrogens (tertiary/aromatic N) is 1. The summed E-state index contributed by atoms with van der Waals surface area (Å²) >= 11 is 0. The van der Waals surface area contributed by atoms with Gasteiger partial charge in [-0.05, 0) is 11.6 Å². The molecule has 2 aromatic rings. The number of ether oxygens (including phenoxy) is 3. The number of anilines is 2. The average molecular weight is 385 g/mol. The summed E-state index contributed by atoms with van der Waals surface area (Å²) < 4.78 is 16.0. The highest BCUT2D eigenvalue weighted by Crippen LogP contribution is 2.40. The lowest BCUT2D eigenvalue weighted by Gasteiger charge is -2.25. The van der Waals surface area contributed by atoms with Crippen molar-refractivity contribution in [3.8, 4) is 17.2 Å². The molecule has 2 N–H and O–H groups in total. The van der Waals surface area contributed by atoms with Gasteiger partial charge < -0.3 is 24.8 Å². The molecule has 1 heterocycles. The third kappa shape index (κ3) is 3.40. The predicted octanol–water partition coefficient (Wildman–Crippen LogP) is 2.42. The van der Waals surface area contributed by atoms with Crippen molar-refractivity contribution in [3.63, 3.8) is 0 Å². The Kier molecular flexibility index (Phi) is 5.58. The van der Waals surface area contributed by atoms with E-state index in [-0.39, 0.29) is 5.91 Å². The Bertz CT molecular complexity index is 874. The topological polar surface area (TPSA) is 89.1 Å². The Hall–Kier alpha value is -3.42. The number of likely N-dealkylation sites (N-methyl/N-ethyl adjacent to an activating group) is 1. The minimum atomic E-state index is -0.621. The Balaban J connectivity index is 1.94. The van der Waals surface area contributed by atoms with Crippen molar-refractivity contribution in [1.82, 2.24) is 5.32 Å². The highest BCUT2D eigenvalue weighted by Gasteiger charge is 2.38. The van der Waals surface area contributed by atoms with Gasteiger partial charge in [-0.25, -0.2) is 4.79 Å². The number of carbonyl (C=O) groups is 2. The fraction of sp³-hybridized carbons (Fsp3) is 0.300. The van der Waals surface area contributed by atoms with E-state index in [0.717, 1.165) is 5.56 Å². The highest BCUT2D eigenvalue weighted by molar-refractivity contribution is 6.08. The van der Waals surface area contributed by atoms with Gasteiger partial charge in [0.05, 0.1) is 27.0 Å². The molecule has 1 aliphatic heterocycles. The third-order valence-corrected chi connectivity index (χ3v) is 4.66. The molecule has 0 bridgehead atoms. The van der Waals surface area contributed by atoms with Gasteiger partial charge in [0, 0.05) is 31.3 Å². The van der Waals surface area contributed by atoms with Crippen LogP contribution < -0.4 is 29.7 Å². The fourth-order valence-electron chi connectivity index (χ4n) is 3.35. The quantitative estimate of drug-likeness (QED) is 0.825. The van der Waals surface area contributed by atoms with Crippen LogP contribution in [-0.2, 0) is 11.2 Å². The van der Waals surface area contributed by atoms with Crippen LogP contribution in [0.2, 0.25) is 0 Å². The average Bonchev–Trinajstić information content (AvgIpc) is 3.12. The molecule has 3 rings (SSSR count). The molecule has 0 spiro atoms. The summed E-state index contributed by atoms with van der Waals surface area (Å²) in [7, 11) is 6.07. The minimum absolute atomic E-state index is 0.226. The van der Waals surface area contributed by atoms with Crippen molar-refractivity contribution in [2.75, 3.05) is 38.6 Å². The summed E-state index contributed by atoms with van der Waals surface area (Å²) in [5.41, 5.74) is 2.11. The molecule has 8 nitrogen and oxygen atoms in total. The van der Waals surface area contributed by atoms with Gasteiger partial charge in [-0.15, -0.1) is 0 Å². The molecule has 8 heteroatoms. The van der Waals surface area contributed by atoms with Crippen molar-refractivity contribution < 1.29 is 23.8 Å². The van der Waals surface area contributed by atoms with E-state index < -0.39 is 12.1 Å². The van der Waals surface area contributed by atoms with Crippen molar-refractivity contribution in [2.24, 2.45) is 0 Å². The predicted molar refractivity (Wildman–Crippen MR) is 106 cm³/mol. The third-order valence-electron chi connectivity index (χ3n) is 4.66. The summed E-state index contributed by atoms with van der Waals surface area (Å²) in [6.07, 6.45) is 0.457. The SMILES string of the molecule is CNC(=O)[C@H]1Cc2ccccc2N1C(=O)Nc1cc(OC)c(OC)c(OC)c1. The van der Waals surface area contributed by atoms with Gasteiger partial charge in [-0.2, -0.15) is 0 Å². The first-order valence-electron chi connectivity index (χ1n) is 8.73. The summed E-state index contributed by atoms with van der Waals surface area (Å²) in [6.45, 7) is 0. The standard InChI is InChI=1S/C20H23N3O5/c1-21-19(24)15-9-12-7-5-6-8-14(12)23(15)20(25)22-13-10-16(26-2)18(28-4)17(11-13)27-3/h5-8,10-11,15H,9H2,1-4H3,(H,21,24)(H,22,25)/t15-/m1/s1. The van der Waals surface area contributed by atoms with Gasteiger partial charge in [-0.3, -0.25) is 9.69 Å². The van der Waals surface area contributed by atoms with Gasteiger partial charge in [-0.1, -0.05) is 18.2 Å². The van der Waals surface area contributed by atoms with E-state index in [4.69, 9.17) is 14.2 Å². The van der Waals surface area contributed by atoms with Gasteiger partial charge in [0.1, 0.15) is 6.04 Å². The summed E-state index contributed by atoms with van der Waals surface area (Å²) in [4.78, 5) is 26.9. The van der Waals surface area contributed by atoms with Crippen LogP contribution >= 0.6 is 0 Å². The number of hydrogen-bond donors (Lipinski definition) is 2. The molecule has 28 heavy (non-hydrogen) atoms. The molecule has 1 atom stereocenters. The van der Waals surface area contributed by atoms with Crippen LogP contribution in [0.5, 0.6) is 17.2 Å². The first kappa shape index (κ1) is 19.3. The highest BCUT2D eigenvalue weighted by atomic mass is 16.5. The first-order valence-corrected chi connectivity index (χ1v) is 8.73. The van der Waals surface area contributed by atoms with Crippen molar-refractivity contribution in [1.29, 1.82) is 0 Å². The van der Waals surface area contributed by atoms with Gasteiger partial charge in [0.2, 0.25) is 11.7 Å². The number of benzene rings is 2. The molecular formula is C20H23N3O5. The van der Waals surface area contributed by atoms with Crippen LogP contribution in [0.15, 0.2) is 36.4 Å². The van der Waals surface area contributed by atoms with Crippen LogP contribution in [-0.4, -0.2) is 46.4 Å². The molecule has 0 unspecified atom stereocenters. The molecule has 0 fully saturated rings. The monoisotopic (exact) mass is 385 g/mol. The van der Waals surface area contributed by atoms with Crippen LogP contribution in [0.1, 0.15) is 5.56 Å². The fourth-order valence-corrected chi connectivity index (χ4v) is 3.35. The Labute approximate surface area is 163 Å². The number of hydrogen-bond acceptors (Lipinski definition) is 5. The van der Waals surface area contributed by atoms with E-state index in [2.05, 4.69) is 10.6 Å². The lowest BCUT2D eigenvalue weighted by atomic mass is 10.1. The van der Waals surface area contributed by atoms with Crippen LogP contribution in [0.3, 0.4) is 0 Å². The van der Waals surface area contributed by atoms with Gasteiger partial charge in [0.15, 0.2) is 11.5 Å². The molecule has 1 aliphatic rings. The maximum Gasteiger partial charge on any atom is 0.327 e. The van der Waals surface area contributed by atoms with Crippen molar-refractivity contribution >= 4 is 23.3 Å². The molecule has 2 aromatic carbocycles. The Morgan fingerprint density at radius 3 is 2.25 bits per heavy atom. The Morgan fingerprint density at radius 1 is 1.04 bits per heavy atom. The number of fused-ring (bicyclic) bond motifs is 1. The number of urea groups is 1. The number of methoxy groups -OCH3 is 3. The van der Waals surface area contributed by atoms with E-state index in [1.807, 2.05) is 24.3 Å². The summed E-state index contributed by atoms with van der Waals surface area (Å²) in [5, 5.41) is 5.45. The van der Waals surface area contributed by atoms with Gasteiger partial charge in [0.25, 0.3) is 0 Å². The molecule has 0 saturated heterocycles. The minimum Gasteiger partial charge on any atom is -0.493 e. The Morgan fingerprint density at radius 2 is 1.68 bits per heavy atom. The zero-order valence-electron chi connectivity index (χ0n) is 16.2. The molecular weight excluding hydrogens is 362 g/mol. The second-order valence-electron chi connectivity index (χ2n) is 6.18. The molecule has 0 aliphatic carbocycles. The molecule has 0 saturated carbocycles. The number of carbonyl (C=O) groups excluding carboxylic acids is 2. The normalized spacial score (nSPS) is 14.9. The van der Waals surface area contributed by atoms with E-state index in [9.17, 15) is 9.59 Å². The lowest BCUT2D eigenvalue weighted by Crippen LogP contribution is -2.48. The summed E-state index contributed by atoms with van der Waals surface area (Å²) in [5.74, 6) is 1.04. The second kappa shape index (κ2) is 8.08. The maximum atomic E-state index is 13.1. The molecule has 0 radical (unpaired) electrons. The molecule has 3 amide bonds. The number of rotatable bonds is 5. The summed E-state index contributed by atoms with van der Waals surface area (Å²) in [6, 6.07) is 9.69. The van der Waals surface area contributed by atoms with E-state index in [1.54, 1.807) is 19.2 Å². The maximum absolute atomic E-state index is 13.1. The number of amides is 3.